The van der Waals surface area contributed by atoms with Gasteiger partial charge in [-0.25, -0.2) is 0 Å². The molecule has 0 spiro atoms. The van der Waals surface area contributed by atoms with Crippen molar-refractivity contribution < 1.29 is 19.0 Å². The number of carbonyl (C=O) groups excluding carboxylic acids is 1. The molecule has 0 radical (unpaired) electrons. The molecule has 3 aromatic rings. The maximum Gasteiger partial charge on any atom is 0.255 e. The number of carbonyl (C=O) groups is 1. The summed E-state index contributed by atoms with van der Waals surface area (Å²) in [5.41, 5.74) is 1.87. The Balaban J connectivity index is 1.67. The van der Waals surface area contributed by atoms with E-state index in [1.165, 1.54) is 7.11 Å². The number of ether oxygens (including phenoxy) is 3. The van der Waals surface area contributed by atoms with Crippen molar-refractivity contribution in [1.29, 1.82) is 5.26 Å². The van der Waals surface area contributed by atoms with Crippen LogP contribution in [0.1, 0.15) is 15.9 Å². The molecule has 30 heavy (non-hydrogen) atoms. The monoisotopic (exact) mass is 422 g/mol. The van der Waals surface area contributed by atoms with Crippen LogP contribution in [0.15, 0.2) is 66.7 Å². The highest BCUT2D eigenvalue weighted by molar-refractivity contribution is 6.31. The van der Waals surface area contributed by atoms with Gasteiger partial charge in [-0.2, -0.15) is 5.26 Å². The number of nitriles is 1. The SMILES string of the molecule is COc1cc(C(=O)Nc2ccc(OCC#N)cc2)ccc1OCc1ccccc1Cl. The van der Waals surface area contributed by atoms with Crippen LogP contribution < -0.4 is 19.5 Å². The second-order valence-electron chi connectivity index (χ2n) is 6.17. The van der Waals surface area contributed by atoms with Crippen molar-refractivity contribution >= 4 is 23.2 Å². The number of nitrogens with zero attached hydrogens (tertiary/aromatic N) is 1. The molecule has 0 aliphatic rings. The van der Waals surface area contributed by atoms with E-state index >= 15 is 0 Å². The van der Waals surface area contributed by atoms with Gasteiger partial charge in [0.05, 0.1) is 7.11 Å². The first-order valence-corrected chi connectivity index (χ1v) is 9.44. The lowest BCUT2D eigenvalue weighted by Crippen LogP contribution is -2.12. The topological polar surface area (TPSA) is 80.6 Å². The van der Waals surface area contributed by atoms with E-state index < -0.39 is 0 Å². The van der Waals surface area contributed by atoms with Crippen LogP contribution in [0.25, 0.3) is 0 Å². The van der Waals surface area contributed by atoms with Gasteiger partial charge in [0.15, 0.2) is 18.1 Å². The van der Waals surface area contributed by atoms with Crippen LogP contribution in [-0.4, -0.2) is 19.6 Å². The first-order valence-electron chi connectivity index (χ1n) is 9.06. The highest BCUT2D eigenvalue weighted by Gasteiger charge is 2.12. The molecular weight excluding hydrogens is 404 g/mol. The van der Waals surface area contributed by atoms with Gasteiger partial charge in [-0.05, 0) is 48.5 Å². The molecule has 0 saturated heterocycles. The van der Waals surface area contributed by atoms with Crippen molar-refractivity contribution in [1.82, 2.24) is 0 Å². The predicted molar refractivity (Wildman–Crippen MR) is 114 cm³/mol. The summed E-state index contributed by atoms with van der Waals surface area (Å²) in [7, 11) is 1.51. The molecule has 0 bridgehead atoms. The van der Waals surface area contributed by atoms with Crippen molar-refractivity contribution in [3.63, 3.8) is 0 Å². The second kappa shape index (κ2) is 10.2. The van der Waals surface area contributed by atoms with E-state index in [4.69, 9.17) is 31.1 Å². The molecule has 0 fully saturated rings. The highest BCUT2D eigenvalue weighted by Crippen LogP contribution is 2.30. The van der Waals surface area contributed by atoms with E-state index in [1.807, 2.05) is 24.3 Å². The number of halogens is 1. The molecule has 6 nitrogen and oxygen atoms in total. The predicted octanol–water partition coefficient (Wildman–Crippen LogP) is 5.08. The van der Waals surface area contributed by atoms with Crippen LogP contribution in [0.4, 0.5) is 5.69 Å². The minimum Gasteiger partial charge on any atom is -0.493 e. The standard InChI is InChI=1S/C23H19ClN2O4/c1-28-22-14-16(6-11-21(22)30-15-17-4-2-3-5-20(17)24)23(27)26-18-7-9-19(10-8-18)29-13-12-25/h2-11,14H,13,15H2,1H3,(H,26,27). The maximum atomic E-state index is 12.6. The van der Waals surface area contributed by atoms with Crippen LogP contribution in [0, 0.1) is 11.3 Å². The number of rotatable bonds is 8. The Kier molecular flexibility index (Phi) is 7.14. The van der Waals surface area contributed by atoms with Crippen LogP contribution in [0.5, 0.6) is 17.2 Å². The largest absolute Gasteiger partial charge is 0.493 e. The molecular formula is C23H19ClN2O4. The van der Waals surface area contributed by atoms with E-state index in [0.29, 0.717) is 33.5 Å². The fourth-order valence-corrected chi connectivity index (χ4v) is 2.84. The van der Waals surface area contributed by atoms with Gasteiger partial charge in [-0.15, -0.1) is 0 Å². The highest BCUT2D eigenvalue weighted by atomic mass is 35.5. The van der Waals surface area contributed by atoms with E-state index in [9.17, 15) is 4.79 Å². The van der Waals surface area contributed by atoms with E-state index in [-0.39, 0.29) is 19.1 Å². The first kappa shape index (κ1) is 21.0. The van der Waals surface area contributed by atoms with E-state index in [1.54, 1.807) is 48.5 Å². The third-order valence-corrected chi connectivity index (χ3v) is 4.55. The quantitative estimate of drug-likeness (QED) is 0.547. The van der Waals surface area contributed by atoms with Crippen LogP contribution in [0.3, 0.4) is 0 Å². The number of hydrogen-bond acceptors (Lipinski definition) is 5. The van der Waals surface area contributed by atoms with E-state index in [0.717, 1.165) is 5.56 Å². The van der Waals surface area contributed by atoms with Gasteiger partial charge < -0.3 is 19.5 Å². The number of benzene rings is 3. The molecule has 152 valence electrons. The van der Waals surface area contributed by atoms with Gasteiger partial charge in [0.2, 0.25) is 0 Å². The summed E-state index contributed by atoms with van der Waals surface area (Å²) in [6.07, 6.45) is 0. The molecule has 0 unspecified atom stereocenters. The molecule has 3 rings (SSSR count). The number of amides is 1. The Morgan fingerprint density at radius 2 is 1.80 bits per heavy atom. The molecule has 1 N–H and O–H groups in total. The molecule has 0 saturated carbocycles. The van der Waals surface area contributed by atoms with Gasteiger partial charge in [0, 0.05) is 21.8 Å². The Labute approximate surface area is 179 Å². The zero-order chi connectivity index (χ0) is 21.3. The zero-order valence-electron chi connectivity index (χ0n) is 16.2. The number of anilines is 1. The molecule has 0 aliphatic carbocycles. The summed E-state index contributed by atoms with van der Waals surface area (Å²) >= 11 is 6.16. The lowest BCUT2D eigenvalue weighted by molar-refractivity contribution is 0.102. The second-order valence-corrected chi connectivity index (χ2v) is 6.58. The Bertz CT molecular complexity index is 1060. The lowest BCUT2D eigenvalue weighted by atomic mass is 10.1. The van der Waals surface area contributed by atoms with Crippen molar-refractivity contribution in [2.24, 2.45) is 0 Å². The average molecular weight is 423 g/mol. The lowest BCUT2D eigenvalue weighted by Gasteiger charge is -2.13. The summed E-state index contributed by atoms with van der Waals surface area (Å²) in [4.78, 5) is 12.6. The first-order chi connectivity index (χ1) is 14.6. The van der Waals surface area contributed by atoms with Crippen molar-refractivity contribution in [3.05, 3.63) is 82.9 Å². The number of methoxy groups -OCH3 is 1. The van der Waals surface area contributed by atoms with Gasteiger partial charge >= 0.3 is 0 Å². The van der Waals surface area contributed by atoms with Gasteiger partial charge in [-0.1, -0.05) is 29.8 Å². The minimum absolute atomic E-state index is 0.0314. The Morgan fingerprint density at radius 1 is 1.03 bits per heavy atom. The smallest absolute Gasteiger partial charge is 0.255 e. The number of hydrogen-bond donors (Lipinski definition) is 1. The molecule has 0 aliphatic heterocycles. The minimum atomic E-state index is -0.295. The number of nitrogens with one attached hydrogen (secondary N) is 1. The fourth-order valence-electron chi connectivity index (χ4n) is 2.65. The summed E-state index contributed by atoms with van der Waals surface area (Å²) < 4.78 is 16.4. The summed E-state index contributed by atoms with van der Waals surface area (Å²) in [6, 6.07) is 21.0. The normalized spacial score (nSPS) is 10.0. The molecule has 7 heteroatoms. The third-order valence-electron chi connectivity index (χ3n) is 4.18. The molecule has 0 heterocycles. The van der Waals surface area contributed by atoms with Crippen molar-refractivity contribution in [3.8, 4) is 23.3 Å². The Hall–Kier alpha value is -3.69. The summed E-state index contributed by atoms with van der Waals surface area (Å²) in [5.74, 6) is 1.20. The van der Waals surface area contributed by atoms with Gasteiger partial charge in [0.1, 0.15) is 18.4 Å². The van der Waals surface area contributed by atoms with Crippen LogP contribution in [0.2, 0.25) is 5.02 Å². The summed E-state index contributed by atoms with van der Waals surface area (Å²) in [5, 5.41) is 12.0. The summed E-state index contributed by atoms with van der Waals surface area (Å²) in [6.45, 7) is 0.248. The zero-order valence-corrected chi connectivity index (χ0v) is 17.0. The average Bonchev–Trinajstić information content (AvgIpc) is 2.78. The fraction of sp³-hybridized carbons (Fsp3) is 0.130. The molecule has 1 amide bonds. The van der Waals surface area contributed by atoms with Crippen LogP contribution >= 0.6 is 11.6 Å². The van der Waals surface area contributed by atoms with Gasteiger partial charge in [0.25, 0.3) is 5.91 Å². The van der Waals surface area contributed by atoms with Crippen molar-refractivity contribution in [2.45, 2.75) is 6.61 Å². The van der Waals surface area contributed by atoms with Crippen molar-refractivity contribution in [2.75, 3.05) is 19.0 Å². The Morgan fingerprint density at radius 3 is 2.50 bits per heavy atom. The molecule has 0 aromatic heterocycles. The van der Waals surface area contributed by atoms with E-state index in [2.05, 4.69) is 5.32 Å². The van der Waals surface area contributed by atoms with Gasteiger partial charge in [-0.3, -0.25) is 4.79 Å². The van der Waals surface area contributed by atoms with Crippen LogP contribution in [-0.2, 0) is 6.61 Å². The molecule has 3 aromatic carbocycles. The molecule has 0 atom stereocenters. The maximum absolute atomic E-state index is 12.6. The third kappa shape index (κ3) is 5.43.